The highest BCUT2D eigenvalue weighted by Crippen LogP contribution is 2.29. The Morgan fingerprint density at radius 1 is 1.28 bits per heavy atom. The second-order valence-electron chi connectivity index (χ2n) is 5.00. The van der Waals surface area contributed by atoms with E-state index in [1.165, 1.54) is 0 Å². The molecular formula is C11H20N6O. The molecule has 1 saturated carbocycles. The van der Waals surface area contributed by atoms with E-state index in [2.05, 4.69) is 20.3 Å². The molecule has 7 heteroatoms. The van der Waals surface area contributed by atoms with Gasteiger partial charge < -0.3 is 21.1 Å². The van der Waals surface area contributed by atoms with E-state index in [-0.39, 0.29) is 5.95 Å². The summed E-state index contributed by atoms with van der Waals surface area (Å²) < 4.78 is 0. The number of rotatable bonds is 4. The first kappa shape index (κ1) is 12.8. The molecule has 1 aromatic rings. The van der Waals surface area contributed by atoms with Crippen LogP contribution in [-0.2, 0) is 0 Å². The molecule has 0 aliphatic heterocycles. The molecule has 1 aliphatic rings. The molecule has 1 heterocycles. The van der Waals surface area contributed by atoms with Crippen LogP contribution in [0.3, 0.4) is 0 Å². The number of nitrogen functional groups attached to an aromatic ring is 1. The first-order valence-electron chi connectivity index (χ1n) is 6.14. The highest BCUT2D eigenvalue weighted by Gasteiger charge is 2.31. The van der Waals surface area contributed by atoms with Gasteiger partial charge in [-0.15, -0.1) is 0 Å². The lowest BCUT2D eigenvalue weighted by Crippen LogP contribution is -2.34. The summed E-state index contributed by atoms with van der Waals surface area (Å²) in [4.78, 5) is 14.0. The molecule has 0 spiro atoms. The van der Waals surface area contributed by atoms with Crippen molar-refractivity contribution in [3.05, 3.63) is 0 Å². The van der Waals surface area contributed by atoms with Gasteiger partial charge in [-0.2, -0.15) is 15.0 Å². The lowest BCUT2D eigenvalue weighted by molar-refractivity contribution is 0.0613. The molecule has 0 saturated heterocycles. The summed E-state index contributed by atoms with van der Waals surface area (Å²) in [6.07, 6.45) is 3.78. The smallest absolute Gasteiger partial charge is 0.231 e. The van der Waals surface area contributed by atoms with E-state index in [0.717, 1.165) is 25.7 Å². The predicted octanol–water partition coefficient (Wildman–Crippen LogP) is 0.237. The molecule has 1 aromatic heterocycles. The second kappa shape index (κ2) is 4.93. The van der Waals surface area contributed by atoms with Gasteiger partial charge in [0.2, 0.25) is 17.8 Å². The quantitative estimate of drug-likeness (QED) is 0.705. The number of hydrogen-bond donors (Lipinski definition) is 3. The lowest BCUT2D eigenvalue weighted by Gasteiger charge is -2.22. The van der Waals surface area contributed by atoms with Crippen LogP contribution in [0.1, 0.15) is 25.7 Å². The van der Waals surface area contributed by atoms with Gasteiger partial charge in [0.05, 0.1) is 5.60 Å². The van der Waals surface area contributed by atoms with Crippen LogP contribution in [-0.4, -0.2) is 46.3 Å². The number of nitrogens with one attached hydrogen (secondary N) is 1. The van der Waals surface area contributed by atoms with Crippen molar-refractivity contribution in [1.82, 2.24) is 15.0 Å². The summed E-state index contributed by atoms with van der Waals surface area (Å²) in [6, 6.07) is 0. The second-order valence-corrected chi connectivity index (χ2v) is 5.00. The molecule has 18 heavy (non-hydrogen) atoms. The topological polar surface area (TPSA) is 100 Å². The molecule has 4 N–H and O–H groups in total. The maximum absolute atomic E-state index is 10.2. The molecule has 0 amide bonds. The minimum atomic E-state index is -0.639. The van der Waals surface area contributed by atoms with E-state index in [4.69, 9.17) is 5.73 Å². The van der Waals surface area contributed by atoms with E-state index < -0.39 is 5.60 Å². The number of nitrogens with two attached hydrogens (primary N) is 1. The first-order chi connectivity index (χ1) is 8.48. The van der Waals surface area contributed by atoms with Crippen LogP contribution in [0.25, 0.3) is 0 Å². The molecule has 0 aromatic carbocycles. The van der Waals surface area contributed by atoms with Crippen molar-refractivity contribution in [3.63, 3.8) is 0 Å². The standard InChI is InChI=1S/C11H20N6O/c1-17(2)10-15-8(12)14-9(16-10)13-7-11(18)5-3-4-6-11/h18H,3-7H2,1-2H3,(H3,12,13,14,15,16). The zero-order valence-electron chi connectivity index (χ0n) is 10.8. The largest absolute Gasteiger partial charge is 0.388 e. The van der Waals surface area contributed by atoms with Gasteiger partial charge >= 0.3 is 0 Å². The molecule has 0 radical (unpaired) electrons. The monoisotopic (exact) mass is 252 g/mol. The van der Waals surface area contributed by atoms with Crippen molar-refractivity contribution in [1.29, 1.82) is 0 Å². The zero-order chi connectivity index (χ0) is 13.2. The molecule has 1 aliphatic carbocycles. The van der Waals surface area contributed by atoms with Gasteiger partial charge in [-0.3, -0.25) is 0 Å². The van der Waals surface area contributed by atoms with Gasteiger partial charge in [-0.05, 0) is 12.8 Å². The average molecular weight is 252 g/mol. The summed E-state index contributed by atoms with van der Waals surface area (Å²) >= 11 is 0. The Morgan fingerprint density at radius 3 is 2.56 bits per heavy atom. The molecule has 1 fully saturated rings. The fraction of sp³-hybridized carbons (Fsp3) is 0.727. The van der Waals surface area contributed by atoms with E-state index in [0.29, 0.717) is 18.4 Å². The summed E-state index contributed by atoms with van der Waals surface area (Å²) in [5.74, 6) is 1.09. The van der Waals surface area contributed by atoms with Crippen LogP contribution in [0.4, 0.5) is 17.8 Å². The van der Waals surface area contributed by atoms with E-state index in [1.807, 2.05) is 14.1 Å². The normalized spacial score (nSPS) is 17.7. The fourth-order valence-corrected chi connectivity index (χ4v) is 2.11. The number of anilines is 3. The third-order valence-electron chi connectivity index (χ3n) is 3.15. The molecule has 0 unspecified atom stereocenters. The molecular weight excluding hydrogens is 232 g/mol. The van der Waals surface area contributed by atoms with Gasteiger partial charge in [-0.25, -0.2) is 0 Å². The van der Waals surface area contributed by atoms with Crippen molar-refractivity contribution >= 4 is 17.8 Å². The SMILES string of the molecule is CN(C)c1nc(N)nc(NCC2(O)CCCC2)n1. The molecule has 0 atom stereocenters. The predicted molar refractivity (Wildman–Crippen MR) is 70.5 cm³/mol. The Kier molecular flexibility index (Phi) is 3.51. The molecule has 2 rings (SSSR count). The fourth-order valence-electron chi connectivity index (χ4n) is 2.11. The number of aliphatic hydroxyl groups is 1. The van der Waals surface area contributed by atoms with E-state index in [9.17, 15) is 5.11 Å². The Morgan fingerprint density at radius 2 is 1.94 bits per heavy atom. The van der Waals surface area contributed by atoms with Crippen molar-refractivity contribution in [2.45, 2.75) is 31.3 Å². The minimum Gasteiger partial charge on any atom is -0.388 e. The van der Waals surface area contributed by atoms with E-state index >= 15 is 0 Å². The minimum absolute atomic E-state index is 0.176. The summed E-state index contributed by atoms with van der Waals surface area (Å²) in [7, 11) is 3.67. The average Bonchev–Trinajstić information content (AvgIpc) is 2.73. The van der Waals surface area contributed by atoms with Gasteiger partial charge in [-0.1, -0.05) is 12.8 Å². The Hall–Kier alpha value is -1.63. The summed E-state index contributed by atoms with van der Waals surface area (Å²) in [6.45, 7) is 0.448. The number of hydrogen-bond acceptors (Lipinski definition) is 7. The van der Waals surface area contributed by atoms with Gasteiger partial charge in [0.1, 0.15) is 0 Å². The Bertz CT molecular complexity index is 416. The summed E-state index contributed by atoms with van der Waals surface area (Å²) in [5, 5.41) is 13.3. The van der Waals surface area contributed by atoms with Gasteiger partial charge in [0.15, 0.2) is 0 Å². The number of aromatic nitrogens is 3. The third-order valence-corrected chi connectivity index (χ3v) is 3.15. The Labute approximate surface area is 106 Å². The molecule has 0 bridgehead atoms. The van der Waals surface area contributed by atoms with Crippen LogP contribution < -0.4 is 16.0 Å². The zero-order valence-corrected chi connectivity index (χ0v) is 10.8. The van der Waals surface area contributed by atoms with Crippen molar-refractivity contribution in [2.24, 2.45) is 0 Å². The van der Waals surface area contributed by atoms with Crippen LogP contribution in [0.5, 0.6) is 0 Å². The Balaban J connectivity index is 2.04. The highest BCUT2D eigenvalue weighted by atomic mass is 16.3. The number of nitrogens with zero attached hydrogens (tertiary/aromatic N) is 4. The molecule has 7 nitrogen and oxygen atoms in total. The summed E-state index contributed by atoms with van der Waals surface area (Å²) in [5.41, 5.74) is 4.98. The maximum atomic E-state index is 10.2. The van der Waals surface area contributed by atoms with Crippen LogP contribution in [0, 0.1) is 0 Å². The van der Waals surface area contributed by atoms with Crippen molar-refractivity contribution in [2.75, 3.05) is 36.6 Å². The van der Waals surface area contributed by atoms with Crippen molar-refractivity contribution in [3.8, 4) is 0 Å². The van der Waals surface area contributed by atoms with Crippen LogP contribution >= 0.6 is 0 Å². The van der Waals surface area contributed by atoms with Gasteiger partial charge in [0, 0.05) is 20.6 Å². The molecule has 100 valence electrons. The lowest BCUT2D eigenvalue weighted by atomic mass is 10.0. The van der Waals surface area contributed by atoms with Crippen LogP contribution in [0.15, 0.2) is 0 Å². The maximum Gasteiger partial charge on any atom is 0.231 e. The highest BCUT2D eigenvalue weighted by molar-refractivity contribution is 5.40. The van der Waals surface area contributed by atoms with Crippen molar-refractivity contribution < 1.29 is 5.11 Å². The van der Waals surface area contributed by atoms with Gasteiger partial charge in [0.25, 0.3) is 0 Å². The van der Waals surface area contributed by atoms with Crippen LogP contribution in [0.2, 0.25) is 0 Å². The first-order valence-corrected chi connectivity index (χ1v) is 6.14. The third kappa shape index (κ3) is 2.98. The van der Waals surface area contributed by atoms with E-state index in [1.54, 1.807) is 4.90 Å².